The zero-order valence-corrected chi connectivity index (χ0v) is 15.7. The number of hydrogen-bond donors (Lipinski definition) is 2. The van der Waals surface area contributed by atoms with Crippen LogP contribution >= 0.6 is 24.8 Å². The van der Waals surface area contributed by atoms with Crippen LogP contribution in [0.1, 0.15) is 31.6 Å². The molecular weight excluding hydrogens is 361 g/mol. The lowest BCUT2D eigenvalue weighted by Crippen LogP contribution is -2.42. The van der Waals surface area contributed by atoms with Crippen LogP contribution in [0.2, 0.25) is 0 Å². The summed E-state index contributed by atoms with van der Waals surface area (Å²) in [5.41, 5.74) is 1.02. The topological polar surface area (TPSA) is 67.2 Å². The molecule has 138 valence electrons. The lowest BCUT2D eigenvalue weighted by Gasteiger charge is -2.23. The monoisotopic (exact) mass is 385 g/mol. The van der Waals surface area contributed by atoms with Crippen molar-refractivity contribution in [1.82, 2.24) is 15.6 Å². The van der Waals surface area contributed by atoms with E-state index in [2.05, 4.69) is 15.6 Å². The number of nitrogens with zero attached hydrogens (tertiary/aromatic N) is 1. The van der Waals surface area contributed by atoms with Crippen LogP contribution in [0.5, 0.6) is 0 Å². The maximum Gasteiger partial charge on any atom is 0.220 e. The van der Waals surface area contributed by atoms with Crippen molar-refractivity contribution in [2.75, 3.05) is 13.1 Å². The predicted molar refractivity (Wildman–Crippen MR) is 103 cm³/mol. The predicted octanol–water partition coefficient (Wildman–Crippen LogP) is 3.38. The van der Waals surface area contributed by atoms with Gasteiger partial charge in [0.2, 0.25) is 5.91 Å². The van der Waals surface area contributed by atoms with Crippen molar-refractivity contribution in [1.29, 1.82) is 0 Å². The van der Waals surface area contributed by atoms with E-state index >= 15 is 0 Å². The number of hydrogen-bond acceptors (Lipinski definition) is 4. The number of aryl methyl sites for hydroxylation is 1. The highest BCUT2D eigenvalue weighted by molar-refractivity contribution is 5.85. The first kappa shape index (κ1) is 21.5. The second-order valence-electron chi connectivity index (χ2n) is 5.93. The van der Waals surface area contributed by atoms with Crippen LogP contribution in [0, 0.1) is 0 Å². The maximum atomic E-state index is 11.9. The van der Waals surface area contributed by atoms with E-state index in [9.17, 15) is 4.79 Å². The molecular formula is C18H25Cl2N3O2. The summed E-state index contributed by atoms with van der Waals surface area (Å²) < 4.78 is 5.75. The van der Waals surface area contributed by atoms with E-state index in [1.807, 2.05) is 30.3 Å². The molecule has 1 aromatic carbocycles. The van der Waals surface area contributed by atoms with Gasteiger partial charge in [-0.3, -0.25) is 4.79 Å². The Morgan fingerprint density at radius 2 is 1.92 bits per heavy atom. The SMILES string of the molecule is Cl.Cl.O=C(CCCc1ncc(-c2ccccc2)o1)NC1CCNCC1. The summed E-state index contributed by atoms with van der Waals surface area (Å²) in [5, 5.41) is 6.40. The van der Waals surface area contributed by atoms with Crippen molar-refractivity contribution in [2.45, 2.75) is 38.1 Å². The maximum absolute atomic E-state index is 11.9. The Morgan fingerprint density at radius 3 is 2.64 bits per heavy atom. The van der Waals surface area contributed by atoms with Crippen molar-refractivity contribution < 1.29 is 9.21 Å². The van der Waals surface area contributed by atoms with Crippen LogP contribution < -0.4 is 10.6 Å². The Balaban J connectivity index is 0.00000156. The van der Waals surface area contributed by atoms with Crippen LogP contribution in [0.25, 0.3) is 11.3 Å². The Labute approximate surface area is 160 Å². The van der Waals surface area contributed by atoms with Crippen molar-refractivity contribution in [3.05, 3.63) is 42.4 Å². The molecule has 1 aliphatic heterocycles. The Hall–Kier alpha value is -1.56. The highest BCUT2D eigenvalue weighted by Crippen LogP contribution is 2.20. The first-order valence-corrected chi connectivity index (χ1v) is 8.31. The second-order valence-corrected chi connectivity index (χ2v) is 5.93. The van der Waals surface area contributed by atoms with Gasteiger partial charge < -0.3 is 15.1 Å². The number of benzene rings is 1. The third-order valence-electron chi connectivity index (χ3n) is 4.11. The van der Waals surface area contributed by atoms with Crippen LogP contribution in [0.4, 0.5) is 0 Å². The number of carbonyl (C=O) groups excluding carboxylic acids is 1. The van der Waals surface area contributed by atoms with Gasteiger partial charge in [-0.05, 0) is 32.4 Å². The average molecular weight is 386 g/mol. The molecule has 1 saturated heterocycles. The summed E-state index contributed by atoms with van der Waals surface area (Å²) in [6, 6.07) is 10.2. The highest BCUT2D eigenvalue weighted by Gasteiger charge is 2.15. The number of piperidine rings is 1. The lowest BCUT2D eigenvalue weighted by molar-refractivity contribution is -0.122. The number of rotatable bonds is 6. The van der Waals surface area contributed by atoms with Gasteiger partial charge in [0.25, 0.3) is 0 Å². The van der Waals surface area contributed by atoms with E-state index in [0.29, 0.717) is 24.8 Å². The zero-order valence-electron chi connectivity index (χ0n) is 14.1. The van der Waals surface area contributed by atoms with Crippen LogP contribution in [-0.4, -0.2) is 30.0 Å². The molecule has 2 aromatic rings. The summed E-state index contributed by atoms with van der Waals surface area (Å²) in [6.45, 7) is 1.98. The minimum absolute atomic E-state index is 0. The van der Waals surface area contributed by atoms with Crippen molar-refractivity contribution >= 4 is 30.7 Å². The first-order valence-electron chi connectivity index (χ1n) is 8.31. The van der Waals surface area contributed by atoms with E-state index in [-0.39, 0.29) is 30.7 Å². The van der Waals surface area contributed by atoms with Gasteiger partial charge in [0.05, 0.1) is 6.20 Å². The molecule has 1 amide bonds. The summed E-state index contributed by atoms with van der Waals surface area (Å²) in [4.78, 5) is 16.2. The van der Waals surface area contributed by atoms with Gasteiger partial charge in [-0.2, -0.15) is 0 Å². The zero-order chi connectivity index (χ0) is 15.9. The average Bonchev–Trinajstić information content (AvgIpc) is 3.05. The van der Waals surface area contributed by atoms with Crippen LogP contribution in [-0.2, 0) is 11.2 Å². The largest absolute Gasteiger partial charge is 0.441 e. The van der Waals surface area contributed by atoms with Gasteiger partial charge in [0.15, 0.2) is 11.7 Å². The van der Waals surface area contributed by atoms with E-state index in [0.717, 1.165) is 43.7 Å². The molecule has 0 aliphatic carbocycles. The van der Waals surface area contributed by atoms with Crippen molar-refractivity contribution in [3.8, 4) is 11.3 Å². The summed E-state index contributed by atoms with van der Waals surface area (Å²) in [7, 11) is 0. The molecule has 0 unspecified atom stereocenters. The lowest BCUT2D eigenvalue weighted by atomic mass is 10.1. The van der Waals surface area contributed by atoms with Gasteiger partial charge in [-0.25, -0.2) is 4.98 Å². The molecule has 3 rings (SSSR count). The number of oxazole rings is 1. The number of amides is 1. The molecule has 2 N–H and O–H groups in total. The van der Waals surface area contributed by atoms with E-state index < -0.39 is 0 Å². The standard InChI is InChI=1S/C18H23N3O2.2ClH/c22-17(21-15-9-11-19-12-10-15)7-4-8-18-20-13-16(23-18)14-5-2-1-3-6-14;;/h1-3,5-6,13,15,19H,4,7-12H2,(H,21,22);2*1H. The summed E-state index contributed by atoms with van der Waals surface area (Å²) in [5.74, 6) is 1.60. The number of nitrogens with one attached hydrogen (secondary N) is 2. The van der Waals surface area contributed by atoms with E-state index in [1.54, 1.807) is 6.20 Å². The Bertz CT molecular complexity index is 628. The quantitative estimate of drug-likeness (QED) is 0.799. The Kier molecular flexibility index (Phi) is 9.57. The van der Waals surface area contributed by atoms with E-state index in [4.69, 9.17) is 4.42 Å². The minimum atomic E-state index is 0. The molecule has 1 aliphatic rings. The fourth-order valence-corrected chi connectivity index (χ4v) is 2.83. The summed E-state index contributed by atoms with van der Waals surface area (Å²) in [6.07, 6.45) is 5.75. The molecule has 0 saturated carbocycles. The molecule has 0 spiro atoms. The molecule has 0 radical (unpaired) electrons. The summed E-state index contributed by atoms with van der Waals surface area (Å²) >= 11 is 0. The second kappa shape index (κ2) is 11.1. The van der Waals surface area contributed by atoms with Gasteiger partial charge in [-0.1, -0.05) is 30.3 Å². The fourth-order valence-electron chi connectivity index (χ4n) is 2.83. The molecule has 5 nitrogen and oxygen atoms in total. The molecule has 1 aromatic heterocycles. The number of aromatic nitrogens is 1. The number of halogens is 2. The highest BCUT2D eigenvalue weighted by atomic mass is 35.5. The minimum Gasteiger partial charge on any atom is -0.441 e. The molecule has 0 bridgehead atoms. The van der Waals surface area contributed by atoms with Gasteiger partial charge >= 0.3 is 0 Å². The smallest absolute Gasteiger partial charge is 0.220 e. The van der Waals surface area contributed by atoms with Crippen LogP contribution in [0.3, 0.4) is 0 Å². The van der Waals surface area contributed by atoms with Crippen molar-refractivity contribution in [3.63, 3.8) is 0 Å². The van der Waals surface area contributed by atoms with Gasteiger partial charge in [-0.15, -0.1) is 24.8 Å². The van der Waals surface area contributed by atoms with Crippen molar-refractivity contribution in [2.24, 2.45) is 0 Å². The van der Waals surface area contributed by atoms with Crippen LogP contribution in [0.15, 0.2) is 40.9 Å². The third-order valence-corrected chi connectivity index (χ3v) is 4.11. The van der Waals surface area contributed by atoms with E-state index in [1.165, 1.54) is 0 Å². The third kappa shape index (κ3) is 6.69. The molecule has 25 heavy (non-hydrogen) atoms. The molecule has 1 fully saturated rings. The van der Waals surface area contributed by atoms with Gasteiger partial charge in [0, 0.05) is 24.4 Å². The molecule has 7 heteroatoms. The van der Waals surface area contributed by atoms with Gasteiger partial charge in [0.1, 0.15) is 0 Å². The normalized spacial score (nSPS) is 14.2. The fraction of sp³-hybridized carbons (Fsp3) is 0.444. The molecule has 2 heterocycles. The Morgan fingerprint density at radius 1 is 1.20 bits per heavy atom. The number of carbonyl (C=O) groups is 1. The molecule has 0 atom stereocenters. The first-order chi connectivity index (χ1) is 11.3.